The lowest BCUT2D eigenvalue weighted by molar-refractivity contribution is -0.137. The molecule has 0 unspecified atom stereocenters. The average molecular weight is 366 g/mol. The van der Waals surface area contributed by atoms with Gasteiger partial charge in [0.05, 0.1) is 10.5 Å². The molecule has 9 heteroatoms. The molecule has 0 radical (unpaired) electrons. The third-order valence-corrected chi connectivity index (χ3v) is 4.56. The number of ether oxygens (including phenoxy) is 1. The van der Waals surface area contributed by atoms with Crippen LogP contribution in [-0.4, -0.2) is 13.4 Å². The third kappa shape index (κ3) is 4.14. The minimum atomic E-state index is -4.48. The molecule has 0 aliphatic carbocycles. The highest BCUT2D eigenvalue weighted by molar-refractivity contribution is 8.13. The van der Waals surface area contributed by atoms with E-state index in [4.69, 9.17) is 15.4 Å². The molecule has 0 aliphatic heterocycles. The van der Waals surface area contributed by atoms with E-state index >= 15 is 0 Å². The normalized spacial score (nSPS) is 12.3. The average Bonchev–Trinajstić information content (AvgIpc) is 2.35. The van der Waals surface area contributed by atoms with Crippen LogP contribution in [0.5, 0.6) is 11.6 Å². The van der Waals surface area contributed by atoms with E-state index in [1.165, 1.54) is 26.0 Å². The van der Waals surface area contributed by atoms with Crippen LogP contribution in [0.4, 0.5) is 13.2 Å². The van der Waals surface area contributed by atoms with Gasteiger partial charge in [0.2, 0.25) is 5.88 Å². The van der Waals surface area contributed by atoms with Gasteiger partial charge in [0.15, 0.2) is 0 Å². The Hall–Kier alpha value is -1.80. The molecule has 0 bridgehead atoms. The molecule has 0 saturated heterocycles. The van der Waals surface area contributed by atoms with Crippen molar-refractivity contribution in [1.29, 1.82) is 0 Å². The Kier molecular flexibility index (Phi) is 4.59. The van der Waals surface area contributed by atoms with E-state index < -0.39 is 20.8 Å². The highest BCUT2D eigenvalue weighted by Crippen LogP contribution is 2.32. The summed E-state index contributed by atoms with van der Waals surface area (Å²) in [4.78, 5) is 3.56. The molecule has 0 spiro atoms. The molecule has 23 heavy (non-hydrogen) atoms. The lowest BCUT2D eigenvalue weighted by Crippen LogP contribution is -2.05. The van der Waals surface area contributed by atoms with Gasteiger partial charge in [-0.25, -0.2) is 13.4 Å². The summed E-state index contributed by atoms with van der Waals surface area (Å²) >= 11 is 0. The van der Waals surface area contributed by atoms with Crippen molar-refractivity contribution in [3.05, 3.63) is 47.2 Å². The molecule has 4 nitrogen and oxygen atoms in total. The van der Waals surface area contributed by atoms with Crippen LogP contribution in [0.15, 0.2) is 35.4 Å². The second kappa shape index (κ2) is 6.01. The van der Waals surface area contributed by atoms with Crippen molar-refractivity contribution in [1.82, 2.24) is 4.98 Å². The topological polar surface area (TPSA) is 56.3 Å². The largest absolute Gasteiger partial charge is 0.439 e. The van der Waals surface area contributed by atoms with Crippen LogP contribution in [0.1, 0.15) is 16.7 Å². The summed E-state index contributed by atoms with van der Waals surface area (Å²) in [6.07, 6.45) is -3.82. The van der Waals surface area contributed by atoms with Gasteiger partial charge in [-0.05, 0) is 43.2 Å². The first kappa shape index (κ1) is 17.6. The fourth-order valence-electron chi connectivity index (χ4n) is 2.08. The molecule has 0 N–H and O–H groups in total. The highest BCUT2D eigenvalue weighted by Gasteiger charge is 2.30. The Morgan fingerprint density at radius 1 is 1.13 bits per heavy atom. The maximum Gasteiger partial charge on any atom is 0.417 e. The lowest BCUT2D eigenvalue weighted by Gasteiger charge is -2.11. The number of nitrogens with zero attached hydrogens (tertiary/aromatic N) is 1. The van der Waals surface area contributed by atoms with Crippen LogP contribution < -0.4 is 4.74 Å². The number of benzene rings is 1. The number of aryl methyl sites for hydroxylation is 2. The highest BCUT2D eigenvalue weighted by atomic mass is 35.7. The molecule has 1 aromatic heterocycles. The Bertz CT molecular complexity index is 810. The zero-order valence-corrected chi connectivity index (χ0v) is 13.6. The Balaban J connectivity index is 2.31. The van der Waals surface area contributed by atoms with Gasteiger partial charge in [-0.15, -0.1) is 0 Å². The van der Waals surface area contributed by atoms with Gasteiger partial charge in [-0.3, -0.25) is 0 Å². The van der Waals surface area contributed by atoms with Gasteiger partial charge in [-0.1, -0.05) is 0 Å². The number of hydrogen-bond donors (Lipinski definition) is 0. The van der Waals surface area contributed by atoms with E-state index in [-0.39, 0.29) is 16.5 Å². The number of rotatable bonds is 3. The van der Waals surface area contributed by atoms with E-state index in [2.05, 4.69) is 4.98 Å². The van der Waals surface area contributed by atoms with E-state index in [1.807, 2.05) is 0 Å². The maximum atomic E-state index is 12.5. The minimum Gasteiger partial charge on any atom is -0.439 e. The first-order valence-electron chi connectivity index (χ1n) is 6.25. The molecule has 0 saturated carbocycles. The second-order valence-corrected chi connectivity index (χ2v) is 7.31. The molecule has 0 aliphatic rings. The van der Waals surface area contributed by atoms with Crippen LogP contribution in [0.2, 0.25) is 0 Å². The molecule has 2 aromatic rings. The molecule has 124 valence electrons. The standard InChI is InChI=1S/C14H11ClF3NO3S/c1-8-5-11(6-9(2)13(8)23(15,20)21)22-12-4-3-10(7-19-12)14(16,17)18/h3-7H,1-2H3. The van der Waals surface area contributed by atoms with E-state index in [0.29, 0.717) is 17.3 Å². The SMILES string of the molecule is Cc1cc(Oc2ccc(C(F)(F)F)cn2)cc(C)c1S(=O)(=O)Cl. The summed E-state index contributed by atoms with van der Waals surface area (Å²) in [5, 5.41) is 0. The van der Waals surface area contributed by atoms with Crippen molar-refractivity contribution in [3.63, 3.8) is 0 Å². The van der Waals surface area contributed by atoms with Crippen molar-refractivity contribution in [2.24, 2.45) is 0 Å². The van der Waals surface area contributed by atoms with Crippen LogP contribution in [0, 0.1) is 13.8 Å². The molecule has 1 heterocycles. The Morgan fingerprint density at radius 3 is 2.09 bits per heavy atom. The molecule has 0 amide bonds. The molecule has 2 rings (SSSR count). The smallest absolute Gasteiger partial charge is 0.417 e. The predicted octanol–water partition coefficient (Wildman–Crippen LogP) is 4.44. The van der Waals surface area contributed by atoms with Gasteiger partial charge in [0, 0.05) is 22.9 Å². The predicted molar refractivity (Wildman–Crippen MR) is 78.3 cm³/mol. The molecule has 0 atom stereocenters. The summed E-state index contributed by atoms with van der Waals surface area (Å²) in [7, 11) is 1.45. The van der Waals surface area contributed by atoms with E-state index in [1.54, 1.807) is 0 Å². The minimum absolute atomic E-state index is 0.0214. The number of halogens is 4. The number of hydrogen-bond acceptors (Lipinski definition) is 4. The van der Waals surface area contributed by atoms with Crippen LogP contribution in [0.3, 0.4) is 0 Å². The van der Waals surface area contributed by atoms with Gasteiger partial charge >= 0.3 is 6.18 Å². The zero-order valence-electron chi connectivity index (χ0n) is 12.0. The van der Waals surface area contributed by atoms with Gasteiger partial charge in [0.1, 0.15) is 5.75 Å². The summed E-state index contributed by atoms with van der Waals surface area (Å²) in [6.45, 7) is 3.07. The summed E-state index contributed by atoms with van der Waals surface area (Å²) in [5.74, 6) is 0.203. The first-order chi connectivity index (χ1) is 10.5. The Morgan fingerprint density at radius 2 is 1.70 bits per heavy atom. The number of pyridine rings is 1. The van der Waals surface area contributed by atoms with Crippen molar-refractivity contribution in [2.75, 3.05) is 0 Å². The number of aromatic nitrogens is 1. The third-order valence-electron chi connectivity index (χ3n) is 2.96. The van der Waals surface area contributed by atoms with Crippen molar-refractivity contribution >= 4 is 19.7 Å². The Labute approximate surface area is 135 Å². The molecular formula is C14H11ClF3NO3S. The fourth-order valence-corrected chi connectivity index (χ4v) is 3.70. The van der Waals surface area contributed by atoms with Crippen LogP contribution in [0.25, 0.3) is 0 Å². The summed E-state index contributed by atoms with van der Waals surface area (Å²) < 4.78 is 65.7. The second-order valence-electron chi connectivity index (χ2n) is 4.81. The van der Waals surface area contributed by atoms with Gasteiger partial charge in [-0.2, -0.15) is 13.2 Å². The van der Waals surface area contributed by atoms with Gasteiger partial charge < -0.3 is 4.74 Å². The van der Waals surface area contributed by atoms with E-state index in [9.17, 15) is 21.6 Å². The molecule has 1 aromatic carbocycles. The maximum absolute atomic E-state index is 12.5. The van der Waals surface area contributed by atoms with Crippen molar-refractivity contribution < 1.29 is 26.3 Å². The van der Waals surface area contributed by atoms with E-state index in [0.717, 1.165) is 12.1 Å². The fraction of sp³-hybridized carbons (Fsp3) is 0.214. The van der Waals surface area contributed by atoms with Crippen LogP contribution >= 0.6 is 10.7 Å². The lowest BCUT2D eigenvalue weighted by atomic mass is 10.1. The number of alkyl halides is 3. The monoisotopic (exact) mass is 365 g/mol. The molecule has 0 fully saturated rings. The van der Waals surface area contributed by atoms with Crippen molar-refractivity contribution in [2.45, 2.75) is 24.9 Å². The van der Waals surface area contributed by atoms with Crippen LogP contribution in [-0.2, 0) is 15.2 Å². The summed E-state index contributed by atoms with van der Waals surface area (Å²) in [6, 6.07) is 4.77. The van der Waals surface area contributed by atoms with Crippen molar-refractivity contribution in [3.8, 4) is 11.6 Å². The first-order valence-corrected chi connectivity index (χ1v) is 8.56. The molecular weight excluding hydrogens is 355 g/mol. The van der Waals surface area contributed by atoms with Gasteiger partial charge in [0.25, 0.3) is 9.05 Å². The zero-order chi connectivity index (χ0) is 17.4. The summed E-state index contributed by atoms with van der Waals surface area (Å²) in [5.41, 5.74) is -0.162. The quantitative estimate of drug-likeness (QED) is 0.755.